The molecule has 0 spiro atoms. The normalized spacial score (nSPS) is 10.3. The second kappa shape index (κ2) is 7.45. The first-order valence-electron chi connectivity index (χ1n) is 6.35. The number of benzene rings is 1. The van der Waals surface area contributed by atoms with Crippen molar-refractivity contribution in [1.82, 2.24) is 4.90 Å². The van der Waals surface area contributed by atoms with Crippen LogP contribution in [-0.4, -0.2) is 41.5 Å². The van der Waals surface area contributed by atoms with Gasteiger partial charge in [0.05, 0.1) is 13.1 Å². The van der Waals surface area contributed by atoms with Gasteiger partial charge in [-0.3, -0.25) is 14.5 Å². The molecule has 1 aromatic rings. The fourth-order valence-corrected chi connectivity index (χ4v) is 1.95. The Morgan fingerprint density at radius 1 is 1.30 bits per heavy atom. The van der Waals surface area contributed by atoms with Gasteiger partial charge in [-0.25, -0.2) is 0 Å². The highest BCUT2D eigenvalue weighted by Gasteiger charge is 2.14. The number of nitrogens with zero attached hydrogens (tertiary/aromatic N) is 1. The second-order valence-corrected chi connectivity index (χ2v) is 4.67. The van der Waals surface area contributed by atoms with E-state index in [1.165, 1.54) is 4.90 Å². The summed E-state index contributed by atoms with van der Waals surface area (Å²) in [6, 6.07) is 5.76. The van der Waals surface area contributed by atoms with Gasteiger partial charge in [0.2, 0.25) is 5.91 Å². The Bertz CT molecular complexity index is 492. The molecule has 0 aromatic heterocycles. The first-order chi connectivity index (χ1) is 9.43. The van der Waals surface area contributed by atoms with Crippen LogP contribution in [-0.2, 0) is 9.59 Å². The Labute approximate surface area is 118 Å². The third kappa shape index (κ3) is 4.85. The topological polar surface area (TPSA) is 69.6 Å². The van der Waals surface area contributed by atoms with Gasteiger partial charge in [-0.2, -0.15) is 0 Å². The van der Waals surface area contributed by atoms with Crippen molar-refractivity contribution in [3.63, 3.8) is 0 Å². The number of aliphatic carboxylic acids is 1. The van der Waals surface area contributed by atoms with Crippen LogP contribution in [0.3, 0.4) is 0 Å². The highest BCUT2D eigenvalue weighted by atomic mass is 16.4. The summed E-state index contributed by atoms with van der Waals surface area (Å²) in [5, 5.41) is 11.6. The second-order valence-electron chi connectivity index (χ2n) is 4.67. The molecule has 0 aliphatic carbocycles. The molecule has 0 bridgehead atoms. The maximum atomic E-state index is 12.0. The number of amides is 1. The van der Waals surface area contributed by atoms with Crippen molar-refractivity contribution in [3.8, 4) is 0 Å². The van der Waals surface area contributed by atoms with Crippen LogP contribution in [0.1, 0.15) is 11.1 Å². The molecule has 0 atom stereocenters. The quantitative estimate of drug-likeness (QED) is 0.745. The Kier molecular flexibility index (Phi) is 5.93. The Morgan fingerprint density at radius 3 is 2.40 bits per heavy atom. The highest BCUT2D eigenvalue weighted by Crippen LogP contribution is 2.19. The molecule has 0 aliphatic rings. The van der Waals surface area contributed by atoms with Crippen molar-refractivity contribution in [2.45, 2.75) is 13.8 Å². The molecule has 5 heteroatoms. The summed E-state index contributed by atoms with van der Waals surface area (Å²) in [6.45, 7) is 7.58. The van der Waals surface area contributed by atoms with E-state index in [1.54, 1.807) is 6.08 Å². The lowest BCUT2D eigenvalue weighted by Crippen LogP contribution is -2.37. The van der Waals surface area contributed by atoms with E-state index in [0.29, 0.717) is 6.54 Å². The minimum Gasteiger partial charge on any atom is -0.480 e. The van der Waals surface area contributed by atoms with Crippen molar-refractivity contribution in [2.75, 3.05) is 25.0 Å². The van der Waals surface area contributed by atoms with E-state index < -0.39 is 5.97 Å². The van der Waals surface area contributed by atoms with Gasteiger partial charge in [-0.1, -0.05) is 24.3 Å². The molecule has 108 valence electrons. The van der Waals surface area contributed by atoms with Crippen molar-refractivity contribution in [1.29, 1.82) is 0 Å². The van der Waals surface area contributed by atoms with Gasteiger partial charge in [0.1, 0.15) is 0 Å². The first-order valence-corrected chi connectivity index (χ1v) is 6.35. The molecule has 0 unspecified atom stereocenters. The van der Waals surface area contributed by atoms with Gasteiger partial charge in [0.15, 0.2) is 0 Å². The maximum absolute atomic E-state index is 12.0. The van der Waals surface area contributed by atoms with Gasteiger partial charge in [0, 0.05) is 12.2 Å². The van der Waals surface area contributed by atoms with Crippen molar-refractivity contribution >= 4 is 17.6 Å². The molecular formula is C15H20N2O3. The van der Waals surface area contributed by atoms with Crippen LogP contribution in [0.5, 0.6) is 0 Å². The third-order valence-corrected chi connectivity index (χ3v) is 2.86. The van der Waals surface area contributed by atoms with Crippen molar-refractivity contribution in [3.05, 3.63) is 42.0 Å². The minimum atomic E-state index is -0.966. The molecule has 1 aromatic carbocycles. The molecule has 0 saturated carbocycles. The number of hydrogen-bond donors (Lipinski definition) is 2. The summed E-state index contributed by atoms with van der Waals surface area (Å²) < 4.78 is 0. The molecule has 0 heterocycles. The Hall–Kier alpha value is -2.14. The molecule has 1 amide bonds. The van der Waals surface area contributed by atoms with E-state index in [1.807, 2.05) is 32.0 Å². The smallest absolute Gasteiger partial charge is 0.317 e. The maximum Gasteiger partial charge on any atom is 0.317 e. The van der Waals surface area contributed by atoms with Crippen LogP contribution in [0.2, 0.25) is 0 Å². The number of carbonyl (C=O) groups excluding carboxylic acids is 1. The first kappa shape index (κ1) is 15.9. The Morgan fingerprint density at radius 2 is 1.90 bits per heavy atom. The molecule has 2 N–H and O–H groups in total. The number of aryl methyl sites for hydroxylation is 2. The highest BCUT2D eigenvalue weighted by molar-refractivity contribution is 5.94. The molecular weight excluding hydrogens is 256 g/mol. The van der Waals surface area contributed by atoms with E-state index in [0.717, 1.165) is 16.8 Å². The van der Waals surface area contributed by atoms with Crippen molar-refractivity contribution in [2.24, 2.45) is 0 Å². The summed E-state index contributed by atoms with van der Waals surface area (Å²) in [6.07, 6.45) is 1.58. The fraction of sp³-hybridized carbons (Fsp3) is 0.333. The zero-order chi connectivity index (χ0) is 15.1. The third-order valence-electron chi connectivity index (χ3n) is 2.86. The van der Waals surface area contributed by atoms with E-state index in [-0.39, 0.29) is 19.0 Å². The number of nitrogens with one attached hydrogen (secondary N) is 1. The van der Waals surface area contributed by atoms with Gasteiger partial charge < -0.3 is 10.4 Å². The van der Waals surface area contributed by atoms with Crippen molar-refractivity contribution < 1.29 is 14.7 Å². The lowest BCUT2D eigenvalue weighted by atomic mass is 10.1. The number of carboxylic acids is 1. The van der Waals surface area contributed by atoms with Crippen LogP contribution in [0.25, 0.3) is 0 Å². The Balaban J connectivity index is 2.70. The van der Waals surface area contributed by atoms with E-state index >= 15 is 0 Å². The van der Waals surface area contributed by atoms with Crippen LogP contribution >= 0.6 is 0 Å². The summed E-state index contributed by atoms with van der Waals surface area (Å²) >= 11 is 0. The van der Waals surface area contributed by atoms with Crippen LogP contribution in [0.4, 0.5) is 5.69 Å². The number of para-hydroxylation sites is 1. The largest absolute Gasteiger partial charge is 0.480 e. The minimum absolute atomic E-state index is 0.0199. The molecule has 20 heavy (non-hydrogen) atoms. The summed E-state index contributed by atoms with van der Waals surface area (Å²) in [7, 11) is 0. The summed E-state index contributed by atoms with van der Waals surface area (Å²) in [5.74, 6) is -1.20. The lowest BCUT2D eigenvalue weighted by Gasteiger charge is -2.18. The van der Waals surface area contributed by atoms with Crippen LogP contribution < -0.4 is 5.32 Å². The van der Waals surface area contributed by atoms with Gasteiger partial charge in [0.25, 0.3) is 0 Å². The predicted molar refractivity (Wildman–Crippen MR) is 78.8 cm³/mol. The van der Waals surface area contributed by atoms with E-state index in [2.05, 4.69) is 11.9 Å². The lowest BCUT2D eigenvalue weighted by molar-refractivity contribution is -0.138. The predicted octanol–water partition coefficient (Wildman–Crippen LogP) is 1.81. The SMILES string of the molecule is C=CCN(CC(=O)O)CC(=O)Nc1c(C)cccc1C. The van der Waals surface area contributed by atoms with Gasteiger partial charge in [-0.05, 0) is 25.0 Å². The average Bonchev–Trinajstić information content (AvgIpc) is 2.33. The summed E-state index contributed by atoms with van der Waals surface area (Å²) in [5.41, 5.74) is 2.74. The zero-order valence-corrected chi connectivity index (χ0v) is 11.8. The van der Waals surface area contributed by atoms with Gasteiger partial charge in [-0.15, -0.1) is 6.58 Å². The van der Waals surface area contributed by atoms with Crippen LogP contribution in [0.15, 0.2) is 30.9 Å². The molecule has 0 aliphatic heterocycles. The fourth-order valence-electron chi connectivity index (χ4n) is 1.95. The number of anilines is 1. The molecule has 1 rings (SSSR count). The molecule has 0 saturated heterocycles. The standard InChI is InChI=1S/C15H20N2O3/c1-4-8-17(10-14(19)20)9-13(18)16-15-11(2)6-5-7-12(15)3/h4-7H,1,8-10H2,2-3H3,(H,16,18)(H,19,20). The number of rotatable bonds is 7. The molecule has 0 fully saturated rings. The number of carboxylic acid groups (broad SMARTS) is 1. The molecule has 5 nitrogen and oxygen atoms in total. The van der Waals surface area contributed by atoms with Crippen LogP contribution in [0, 0.1) is 13.8 Å². The summed E-state index contributed by atoms with van der Waals surface area (Å²) in [4.78, 5) is 24.2. The number of hydrogen-bond acceptors (Lipinski definition) is 3. The average molecular weight is 276 g/mol. The molecule has 0 radical (unpaired) electrons. The monoisotopic (exact) mass is 276 g/mol. The van der Waals surface area contributed by atoms with E-state index in [4.69, 9.17) is 5.11 Å². The number of carbonyl (C=O) groups is 2. The van der Waals surface area contributed by atoms with Gasteiger partial charge >= 0.3 is 5.97 Å². The zero-order valence-electron chi connectivity index (χ0n) is 11.8. The van der Waals surface area contributed by atoms with E-state index in [9.17, 15) is 9.59 Å².